The SMILES string of the molecule is CS(=O)(=O)Nc1ccccc1C(=O)NC1CC2CCC(C1)N2.Cl. The van der Waals surface area contributed by atoms with E-state index in [1.807, 2.05) is 0 Å². The maximum atomic E-state index is 12.5. The number of piperidine rings is 1. The predicted molar refractivity (Wildman–Crippen MR) is 92.6 cm³/mol. The van der Waals surface area contributed by atoms with E-state index in [1.165, 1.54) is 12.8 Å². The molecule has 0 aromatic heterocycles. The highest BCUT2D eigenvalue weighted by Gasteiger charge is 2.34. The Morgan fingerprint density at radius 1 is 1.17 bits per heavy atom. The molecule has 1 aromatic carbocycles. The van der Waals surface area contributed by atoms with E-state index in [0.29, 0.717) is 23.3 Å². The molecule has 2 saturated heterocycles. The predicted octanol–water partition coefficient (Wildman–Crippen LogP) is 1.49. The van der Waals surface area contributed by atoms with Crippen molar-refractivity contribution >= 4 is 34.0 Å². The van der Waals surface area contributed by atoms with E-state index >= 15 is 0 Å². The van der Waals surface area contributed by atoms with E-state index in [4.69, 9.17) is 0 Å². The molecule has 2 bridgehead atoms. The molecule has 2 atom stereocenters. The average molecular weight is 360 g/mol. The highest BCUT2D eigenvalue weighted by Crippen LogP contribution is 2.27. The quantitative estimate of drug-likeness (QED) is 0.760. The van der Waals surface area contributed by atoms with Gasteiger partial charge in [0.25, 0.3) is 5.91 Å². The lowest BCUT2D eigenvalue weighted by atomic mass is 9.99. The molecule has 0 aliphatic carbocycles. The number of fused-ring (bicyclic) bond motifs is 2. The number of carbonyl (C=O) groups is 1. The molecule has 1 amide bonds. The van der Waals surface area contributed by atoms with Crippen LogP contribution in [0.2, 0.25) is 0 Å². The van der Waals surface area contributed by atoms with Crippen molar-refractivity contribution in [2.75, 3.05) is 11.0 Å². The standard InChI is InChI=1S/C15H21N3O3S.ClH/c1-22(20,21)18-14-5-3-2-4-13(14)15(19)17-12-8-10-6-7-11(9-12)16-10;/h2-5,10-12,16,18H,6-9H2,1H3,(H,17,19);1H. The van der Waals surface area contributed by atoms with Gasteiger partial charge in [0, 0.05) is 18.1 Å². The fourth-order valence-corrected chi connectivity index (χ4v) is 3.99. The van der Waals surface area contributed by atoms with Gasteiger partial charge in [-0.25, -0.2) is 8.42 Å². The second-order valence-corrected chi connectivity index (χ2v) is 7.95. The van der Waals surface area contributed by atoms with Crippen LogP contribution >= 0.6 is 12.4 Å². The molecule has 2 aliphatic rings. The van der Waals surface area contributed by atoms with E-state index < -0.39 is 10.0 Å². The van der Waals surface area contributed by atoms with Crippen molar-refractivity contribution in [2.45, 2.75) is 43.8 Å². The first-order chi connectivity index (χ1) is 10.4. The lowest BCUT2D eigenvalue weighted by Gasteiger charge is -2.29. The number of carbonyl (C=O) groups excluding carboxylic acids is 1. The van der Waals surface area contributed by atoms with Gasteiger partial charge in [0.1, 0.15) is 0 Å². The zero-order valence-electron chi connectivity index (χ0n) is 12.9. The Morgan fingerprint density at radius 3 is 2.39 bits per heavy atom. The van der Waals surface area contributed by atoms with Crippen LogP contribution in [0.25, 0.3) is 0 Å². The van der Waals surface area contributed by atoms with Gasteiger partial charge in [-0.05, 0) is 37.8 Å². The van der Waals surface area contributed by atoms with Crippen molar-refractivity contribution in [3.8, 4) is 0 Å². The molecule has 0 radical (unpaired) electrons. The normalized spacial score (nSPS) is 26.2. The number of sulfonamides is 1. The van der Waals surface area contributed by atoms with E-state index in [-0.39, 0.29) is 24.4 Å². The molecule has 128 valence electrons. The molecule has 1 aromatic rings. The topological polar surface area (TPSA) is 87.3 Å². The molecule has 6 nitrogen and oxygen atoms in total. The Kier molecular flexibility index (Phi) is 5.54. The molecule has 0 spiro atoms. The monoisotopic (exact) mass is 359 g/mol. The fourth-order valence-electron chi connectivity index (χ4n) is 3.41. The van der Waals surface area contributed by atoms with Crippen LogP contribution in [0.1, 0.15) is 36.0 Å². The first kappa shape index (κ1) is 18.0. The molecular weight excluding hydrogens is 338 g/mol. The van der Waals surface area contributed by atoms with E-state index in [0.717, 1.165) is 19.1 Å². The minimum atomic E-state index is -3.41. The lowest BCUT2D eigenvalue weighted by Crippen LogP contribution is -2.48. The number of rotatable bonds is 4. The summed E-state index contributed by atoms with van der Waals surface area (Å²) >= 11 is 0. The number of hydrogen-bond acceptors (Lipinski definition) is 4. The zero-order valence-corrected chi connectivity index (χ0v) is 14.5. The van der Waals surface area contributed by atoms with Crippen LogP contribution in [0.15, 0.2) is 24.3 Å². The summed E-state index contributed by atoms with van der Waals surface area (Å²) in [4.78, 5) is 12.5. The third-order valence-corrected chi connectivity index (χ3v) is 4.87. The Morgan fingerprint density at radius 2 is 1.78 bits per heavy atom. The molecule has 3 rings (SSSR count). The highest BCUT2D eigenvalue weighted by molar-refractivity contribution is 7.92. The minimum absolute atomic E-state index is 0. The van der Waals surface area contributed by atoms with Crippen molar-refractivity contribution in [1.29, 1.82) is 0 Å². The van der Waals surface area contributed by atoms with E-state index in [2.05, 4.69) is 15.4 Å². The molecule has 0 saturated carbocycles. The molecular formula is C15H22ClN3O3S. The van der Waals surface area contributed by atoms with Crippen molar-refractivity contribution in [2.24, 2.45) is 0 Å². The number of anilines is 1. The lowest BCUT2D eigenvalue weighted by molar-refractivity contribution is 0.0925. The van der Waals surface area contributed by atoms with Crippen LogP contribution in [0.5, 0.6) is 0 Å². The van der Waals surface area contributed by atoms with Gasteiger partial charge in [-0.1, -0.05) is 12.1 Å². The van der Waals surface area contributed by atoms with Gasteiger partial charge in [0.15, 0.2) is 0 Å². The van der Waals surface area contributed by atoms with Gasteiger partial charge in [-0.15, -0.1) is 12.4 Å². The summed E-state index contributed by atoms with van der Waals surface area (Å²) in [5.41, 5.74) is 0.679. The van der Waals surface area contributed by atoms with Crippen LogP contribution in [0, 0.1) is 0 Å². The molecule has 23 heavy (non-hydrogen) atoms. The first-order valence-corrected chi connectivity index (χ1v) is 9.43. The van der Waals surface area contributed by atoms with Crippen LogP contribution < -0.4 is 15.4 Å². The summed E-state index contributed by atoms with van der Waals surface area (Å²) in [5, 5.41) is 6.58. The van der Waals surface area contributed by atoms with Crippen LogP contribution in [0.4, 0.5) is 5.69 Å². The molecule has 8 heteroatoms. The Bertz CT molecular complexity index is 668. The third kappa shape index (κ3) is 4.59. The summed E-state index contributed by atoms with van der Waals surface area (Å²) in [6.07, 6.45) is 5.28. The maximum absolute atomic E-state index is 12.5. The average Bonchev–Trinajstić information content (AvgIpc) is 2.76. The molecule has 3 N–H and O–H groups in total. The summed E-state index contributed by atoms with van der Waals surface area (Å²) in [5.74, 6) is -0.224. The second-order valence-electron chi connectivity index (χ2n) is 6.20. The number of benzene rings is 1. The molecule has 2 heterocycles. The van der Waals surface area contributed by atoms with Gasteiger partial charge in [-0.3, -0.25) is 9.52 Å². The highest BCUT2D eigenvalue weighted by atomic mass is 35.5. The molecule has 2 unspecified atom stereocenters. The first-order valence-electron chi connectivity index (χ1n) is 7.54. The number of para-hydroxylation sites is 1. The largest absolute Gasteiger partial charge is 0.349 e. The Hall–Kier alpha value is -1.31. The Labute approximate surface area is 142 Å². The fraction of sp³-hybridized carbons (Fsp3) is 0.533. The number of nitrogens with one attached hydrogen (secondary N) is 3. The van der Waals surface area contributed by atoms with Crippen LogP contribution in [0.3, 0.4) is 0 Å². The van der Waals surface area contributed by atoms with Crippen molar-refractivity contribution in [1.82, 2.24) is 10.6 Å². The Balaban J connectivity index is 0.00000192. The van der Waals surface area contributed by atoms with Crippen LogP contribution in [-0.2, 0) is 10.0 Å². The second kappa shape index (κ2) is 7.07. The number of halogens is 1. The van der Waals surface area contributed by atoms with Gasteiger partial charge in [-0.2, -0.15) is 0 Å². The summed E-state index contributed by atoms with van der Waals surface area (Å²) in [7, 11) is -3.41. The van der Waals surface area contributed by atoms with Crippen molar-refractivity contribution in [3.63, 3.8) is 0 Å². The van der Waals surface area contributed by atoms with Gasteiger partial charge >= 0.3 is 0 Å². The minimum Gasteiger partial charge on any atom is -0.349 e. The van der Waals surface area contributed by atoms with E-state index in [9.17, 15) is 13.2 Å². The van der Waals surface area contributed by atoms with Crippen molar-refractivity contribution < 1.29 is 13.2 Å². The van der Waals surface area contributed by atoms with Gasteiger partial charge < -0.3 is 10.6 Å². The van der Waals surface area contributed by atoms with Gasteiger partial charge in [0.05, 0.1) is 17.5 Å². The molecule has 2 fully saturated rings. The smallest absolute Gasteiger partial charge is 0.253 e. The third-order valence-electron chi connectivity index (χ3n) is 4.28. The van der Waals surface area contributed by atoms with Crippen LogP contribution in [-0.4, -0.2) is 38.7 Å². The van der Waals surface area contributed by atoms with Crippen molar-refractivity contribution in [3.05, 3.63) is 29.8 Å². The van der Waals surface area contributed by atoms with E-state index in [1.54, 1.807) is 24.3 Å². The summed E-state index contributed by atoms with van der Waals surface area (Å²) in [6.45, 7) is 0. The van der Waals surface area contributed by atoms with Gasteiger partial charge in [0.2, 0.25) is 10.0 Å². The number of amides is 1. The summed E-state index contributed by atoms with van der Waals surface area (Å²) < 4.78 is 25.2. The maximum Gasteiger partial charge on any atom is 0.253 e. The molecule has 2 aliphatic heterocycles. The number of hydrogen-bond donors (Lipinski definition) is 3. The zero-order chi connectivity index (χ0) is 15.7. The summed E-state index contributed by atoms with van der Waals surface area (Å²) in [6, 6.07) is 7.81.